The Morgan fingerprint density at radius 1 is 1.42 bits per heavy atom. The van der Waals surface area contributed by atoms with Crippen molar-refractivity contribution >= 4 is 0 Å². The molecule has 1 aromatic carbocycles. The maximum absolute atomic E-state index is 9.74. The number of fused-ring (bicyclic) bond motifs is 1. The average molecular weight is 258 g/mol. The van der Waals surface area contributed by atoms with Crippen molar-refractivity contribution in [1.29, 1.82) is 0 Å². The summed E-state index contributed by atoms with van der Waals surface area (Å²) in [5.74, 6) is 0.901. The van der Waals surface area contributed by atoms with Gasteiger partial charge in [-0.15, -0.1) is 0 Å². The third kappa shape index (κ3) is 2.79. The standard InChI is InChI=1S/C15H18N2O2/c18-15-5-2-12-10-13(3-4-14(12)15)19-9-1-7-17-8-6-16-11-17/h3-4,6,8,10-11,15,18H,1-2,5,7,9H2. The van der Waals surface area contributed by atoms with Gasteiger partial charge in [0.05, 0.1) is 19.0 Å². The Labute approximate surface area is 112 Å². The summed E-state index contributed by atoms with van der Waals surface area (Å²) in [5.41, 5.74) is 2.28. The molecule has 100 valence electrons. The Balaban J connectivity index is 1.51. The molecule has 0 bridgehead atoms. The normalized spacial score (nSPS) is 17.4. The highest BCUT2D eigenvalue weighted by molar-refractivity contribution is 5.39. The zero-order valence-corrected chi connectivity index (χ0v) is 10.8. The van der Waals surface area contributed by atoms with Crippen molar-refractivity contribution in [1.82, 2.24) is 9.55 Å². The highest BCUT2D eigenvalue weighted by Gasteiger charge is 2.20. The van der Waals surface area contributed by atoms with Gasteiger partial charge in [-0.2, -0.15) is 0 Å². The Kier molecular flexibility index (Phi) is 3.51. The van der Waals surface area contributed by atoms with E-state index < -0.39 is 0 Å². The van der Waals surface area contributed by atoms with Crippen LogP contribution in [0.5, 0.6) is 5.75 Å². The number of aliphatic hydroxyl groups excluding tert-OH is 1. The molecular weight excluding hydrogens is 240 g/mol. The second kappa shape index (κ2) is 5.45. The molecule has 4 nitrogen and oxygen atoms in total. The lowest BCUT2D eigenvalue weighted by molar-refractivity contribution is 0.180. The zero-order valence-electron chi connectivity index (χ0n) is 10.8. The van der Waals surface area contributed by atoms with E-state index >= 15 is 0 Å². The lowest BCUT2D eigenvalue weighted by Gasteiger charge is -2.09. The number of aromatic nitrogens is 2. The predicted molar refractivity (Wildman–Crippen MR) is 72.1 cm³/mol. The molecule has 0 radical (unpaired) electrons. The summed E-state index contributed by atoms with van der Waals surface area (Å²) in [6.07, 6.45) is 8.00. The van der Waals surface area contributed by atoms with Crippen LogP contribution in [0.2, 0.25) is 0 Å². The maximum atomic E-state index is 9.74. The van der Waals surface area contributed by atoms with E-state index in [4.69, 9.17) is 4.74 Å². The van der Waals surface area contributed by atoms with E-state index in [9.17, 15) is 5.11 Å². The van der Waals surface area contributed by atoms with Crippen LogP contribution in [0.25, 0.3) is 0 Å². The Bertz CT molecular complexity index is 537. The minimum absolute atomic E-state index is 0.287. The van der Waals surface area contributed by atoms with Crippen molar-refractivity contribution in [2.45, 2.75) is 31.9 Å². The minimum Gasteiger partial charge on any atom is -0.494 e. The van der Waals surface area contributed by atoms with Gasteiger partial charge in [0.1, 0.15) is 5.75 Å². The van der Waals surface area contributed by atoms with E-state index in [0.29, 0.717) is 6.61 Å². The molecule has 1 aliphatic rings. The van der Waals surface area contributed by atoms with Crippen molar-refractivity contribution in [3.8, 4) is 5.75 Å². The molecule has 1 atom stereocenters. The van der Waals surface area contributed by atoms with Crippen LogP contribution in [0.3, 0.4) is 0 Å². The number of hydrogen-bond donors (Lipinski definition) is 1. The fourth-order valence-corrected chi connectivity index (χ4v) is 2.52. The Hall–Kier alpha value is -1.81. The number of rotatable bonds is 5. The van der Waals surface area contributed by atoms with E-state index in [2.05, 4.69) is 11.1 Å². The predicted octanol–water partition coefficient (Wildman–Crippen LogP) is 2.33. The lowest BCUT2D eigenvalue weighted by atomic mass is 10.1. The molecule has 3 rings (SSSR count). The molecule has 1 N–H and O–H groups in total. The van der Waals surface area contributed by atoms with Crippen molar-refractivity contribution < 1.29 is 9.84 Å². The van der Waals surface area contributed by atoms with Crippen molar-refractivity contribution in [2.75, 3.05) is 6.61 Å². The first kappa shape index (κ1) is 12.2. The van der Waals surface area contributed by atoms with E-state index in [1.54, 1.807) is 6.20 Å². The summed E-state index contributed by atoms with van der Waals surface area (Å²) in [6.45, 7) is 1.61. The van der Waals surface area contributed by atoms with Gasteiger partial charge in [-0.05, 0) is 42.5 Å². The van der Waals surface area contributed by atoms with Crippen LogP contribution >= 0.6 is 0 Å². The highest BCUT2D eigenvalue weighted by Crippen LogP contribution is 2.33. The van der Waals surface area contributed by atoms with Gasteiger partial charge in [-0.1, -0.05) is 6.07 Å². The maximum Gasteiger partial charge on any atom is 0.119 e. The first-order valence-electron chi connectivity index (χ1n) is 6.72. The number of ether oxygens (including phenoxy) is 1. The zero-order chi connectivity index (χ0) is 13.1. The molecule has 2 aromatic rings. The molecule has 4 heteroatoms. The summed E-state index contributed by atoms with van der Waals surface area (Å²) in [7, 11) is 0. The van der Waals surface area contributed by atoms with Crippen molar-refractivity contribution in [2.24, 2.45) is 0 Å². The number of aliphatic hydroxyl groups is 1. The van der Waals surface area contributed by atoms with E-state index in [1.165, 1.54) is 5.56 Å². The summed E-state index contributed by atoms with van der Waals surface area (Å²) >= 11 is 0. The van der Waals surface area contributed by atoms with Crippen molar-refractivity contribution in [3.63, 3.8) is 0 Å². The van der Waals surface area contributed by atoms with E-state index in [0.717, 1.165) is 37.1 Å². The van der Waals surface area contributed by atoms with Gasteiger partial charge in [0, 0.05) is 18.9 Å². The van der Waals surface area contributed by atoms with Gasteiger partial charge in [-0.3, -0.25) is 0 Å². The molecule has 0 saturated heterocycles. The van der Waals surface area contributed by atoms with Crippen LogP contribution in [0.4, 0.5) is 0 Å². The van der Waals surface area contributed by atoms with E-state index in [-0.39, 0.29) is 6.10 Å². The summed E-state index contributed by atoms with van der Waals surface area (Å²) < 4.78 is 7.79. The van der Waals surface area contributed by atoms with Gasteiger partial charge in [0.15, 0.2) is 0 Å². The topological polar surface area (TPSA) is 47.3 Å². The molecule has 0 spiro atoms. The number of hydrogen-bond acceptors (Lipinski definition) is 3. The summed E-state index contributed by atoms with van der Waals surface area (Å²) in [4.78, 5) is 4.00. The molecule has 0 saturated carbocycles. The number of aryl methyl sites for hydroxylation is 2. The molecular formula is C15H18N2O2. The van der Waals surface area contributed by atoms with Crippen LogP contribution in [0, 0.1) is 0 Å². The van der Waals surface area contributed by atoms with Crippen LogP contribution in [-0.4, -0.2) is 21.3 Å². The van der Waals surface area contributed by atoms with Crippen LogP contribution in [0.15, 0.2) is 36.9 Å². The van der Waals surface area contributed by atoms with Crippen LogP contribution in [-0.2, 0) is 13.0 Å². The fraction of sp³-hybridized carbons (Fsp3) is 0.400. The van der Waals surface area contributed by atoms with Crippen LogP contribution < -0.4 is 4.74 Å². The number of benzene rings is 1. The molecule has 1 aliphatic carbocycles. The highest BCUT2D eigenvalue weighted by atomic mass is 16.5. The fourth-order valence-electron chi connectivity index (χ4n) is 2.52. The quantitative estimate of drug-likeness (QED) is 0.837. The largest absolute Gasteiger partial charge is 0.494 e. The second-order valence-corrected chi connectivity index (χ2v) is 4.92. The summed E-state index contributed by atoms with van der Waals surface area (Å²) in [5, 5.41) is 9.74. The Morgan fingerprint density at radius 3 is 3.21 bits per heavy atom. The molecule has 0 fully saturated rings. The molecule has 0 aliphatic heterocycles. The summed E-state index contributed by atoms with van der Waals surface area (Å²) in [6, 6.07) is 5.99. The smallest absolute Gasteiger partial charge is 0.119 e. The molecule has 1 aromatic heterocycles. The minimum atomic E-state index is -0.287. The van der Waals surface area contributed by atoms with Gasteiger partial charge < -0.3 is 14.4 Å². The Morgan fingerprint density at radius 2 is 2.37 bits per heavy atom. The second-order valence-electron chi connectivity index (χ2n) is 4.92. The first-order chi connectivity index (χ1) is 9.33. The lowest BCUT2D eigenvalue weighted by Crippen LogP contribution is -2.03. The van der Waals surface area contributed by atoms with Crippen molar-refractivity contribution in [3.05, 3.63) is 48.0 Å². The third-order valence-corrected chi connectivity index (χ3v) is 3.55. The van der Waals surface area contributed by atoms with E-state index in [1.807, 2.05) is 29.2 Å². The SMILES string of the molecule is OC1CCc2cc(OCCCn3ccnc3)ccc21. The molecule has 19 heavy (non-hydrogen) atoms. The number of nitrogens with zero attached hydrogens (tertiary/aromatic N) is 2. The van der Waals surface area contributed by atoms with Gasteiger partial charge in [-0.25, -0.2) is 4.98 Å². The first-order valence-corrected chi connectivity index (χ1v) is 6.72. The monoisotopic (exact) mass is 258 g/mol. The average Bonchev–Trinajstić information content (AvgIpc) is 3.05. The van der Waals surface area contributed by atoms with Gasteiger partial charge >= 0.3 is 0 Å². The van der Waals surface area contributed by atoms with Crippen LogP contribution in [0.1, 0.15) is 30.1 Å². The molecule has 1 unspecified atom stereocenters. The third-order valence-electron chi connectivity index (χ3n) is 3.55. The van der Waals surface area contributed by atoms with Gasteiger partial charge in [0.2, 0.25) is 0 Å². The molecule has 0 amide bonds. The van der Waals surface area contributed by atoms with Gasteiger partial charge in [0.25, 0.3) is 0 Å². The molecule has 1 heterocycles. The number of imidazole rings is 1.